The van der Waals surface area contributed by atoms with E-state index in [0.29, 0.717) is 18.4 Å². The number of benzene rings is 1. The highest BCUT2D eigenvalue weighted by atomic mass is 32.1. The minimum atomic E-state index is -0.382. The van der Waals surface area contributed by atoms with Crippen molar-refractivity contribution in [2.75, 3.05) is 6.61 Å². The van der Waals surface area contributed by atoms with Gasteiger partial charge >= 0.3 is 5.97 Å². The first-order chi connectivity index (χ1) is 12.1. The number of ether oxygens (including phenoxy) is 1. The fourth-order valence-corrected chi connectivity index (χ4v) is 3.11. The topological polar surface area (TPSA) is 61.2 Å². The van der Waals surface area contributed by atoms with E-state index in [4.69, 9.17) is 4.74 Å². The number of esters is 1. The molecular formula is C19H18N2O3S. The highest BCUT2D eigenvalue weighted by Gasteiger charge is 2.10. The molecule has 25 heavy (non-hydrogen) atoms. The molecule has 0 saturated carbocycles. The number of nitrogens with zero attached hydrogens (tertiary/aromatic N) is 2. The largest absolute Gasteiger partial charge is 0.462 e. The van der Waals surface area contributed by atoms with E-state index in [-0.39, 0.29) is 18.4 Å². The van der Waals surface area contributed by atoms with Crippen LogP contribution >= 0.6 is 11.3 Å². The van der Waals surface area contributed by atoms with Gasteiger partial charge in [-0.15, -0.1) is 11.3 Å². The first-order valence-electron chi connectivity index (χ1n) is 8.00. The van der Waals surface area contributed by atoms with E-state index < -0.39 is 0 Å². The monoisotopic (exact) mass is 354 g/mol. The summed E-state index contributed by atoms with van der Waals surface area (Å²) in [5.41, 5.74) is 2.39. The van der Waals surface area contributed by atoms with Crippen LogP contribution in [-0.4, -0.2) is 28.1 Å². The van der Waals surface area contributed by atoms with E-state index in [0.717, 1.165) is 16.3 Å². The average Bonchev–Trinajstić information content (AvgIpc) is 3.30. The average molecular weight is 354 g/mol. The van der Waals surface area contributed by atoms with Crippen molar-refractivity contribution in [1.82, 2.24) is 9.78 Å². The molecular weight excluding hydrogens is 336 g/mol. The molecule has 0 amide bonds. The van der Waals surface area contributed by atoms with E-state index in [9.17, 15) is 9.59 Å². The van der Waals surface area contributed by atoms with Crippen molar-refractivity contribution >= 4 is 23.1 Å². The first-order valence-corrected chi connectivity index (χ1v) is 8.88. The predicted molar refractivity (Wildman–Crippen MR) is 96.5 cm³/mol. The molecule has 0 aliphatic heterocycles. The Bertz CT molecular complexity index is 851. The third-order valence-corrected chi connectivity index (χ3v) is 4.67. The Morgan fingerprint density at radius 3 is 2.60 bits per heavy atom. The number of carbonyl (C=O) groups is 2. The summed E-state index contributed by atoms with van der Waals surface area (Å²) in [6.07, 6.45) is 2.63. The lowest BCUT2D eigenvalue weighted by molar-refractivity contribution is 0.0494. The maximum absolute atomic E-state index is 12.1. The molecule has 0 unspecified atom stereocenters. The summed E-state index contributed by atoms with van der Waals surface area (Å²) in [5, 5.41) is 6.10. The highest BCUT2D eigenvalue weighted by Crippen LogP contribution is 2.14. The van der Waals surface area contributed by atoms with Crippen LogP contribution in [0.5, 0.6) is 0 Å². The van der Waals surface area contributed by atoms with Crippen molar-refractivity contribution in [2.45, 2.75) is 19.8 Å². The van der Waals surface area contributed by atoms with Crippen molar-refractivity contribution < 1.29 is 14.3 Å². The lowest BCUT2D eigenvalue weighted by atomic mass is 10.2. The van der Waals surface area contributed by atoms with Gasteiger partial charge in [0.1, 0.15) is 0 Å². The number of aromatic nitrogens is 2. The van der Waals surface area contributed by atoms with Gasteiger partial charge in [0.05, 0.1) is 22.7 Å². The lowest BCUT2D eigenvalue weighted by Gasteiger charge is -2.07. The van der Waals surface area contributed by atoms with E-state index in [1.54, 1.807) is 23.0 Å². The van der Waals surface area contributed by atoms with Gasteiger partial charge in [-0.05, 0) is 55.1 Å². The summed E-state index contributed by atoms with van der Waals surface area (Å²) < 4.78 is 7.04. The van der Waals surface area contributed by atoms with Gasteiger partial charge in [0, 0.05) is 18.3 Å². The smallest absolute Gasteiger partial charge is 0.338 e. The fourth-order valence-electron chi connectivity index (χ4n) is 2.42. The Labute approximate surface area is 149 Å². The molecule has 0 radical (unpaired) electrons. The number of hydrogen-bond donors (Lipinski definition) is 0. The Morgan fingerprint density at radius 2 is 1.96 bits per heavy atom. The molecule has 3 rings (SSSR count). The molecule has 0 saturated heterocycles. The van der Waals surface area contributed by atoms with Gasteiger partial charge in [0.2, 0.25) is 0 Å². The maximum Gasteiger partial charge on any atom is 0.338 e. The summed E-state index contributed by atoms with van der Waals surface area (Å²) in [6.45, 7) is 2.20. The minimum Gasteiger partial charge on any atom is -0.462 e. The summed E-state index contributed by atoms with van der Waals surface area (Å²) in [7, 11) is 0. The van der Waals surface area contributed by atoms with E-state index in [1.807, 2.05) is 42.6 Å². The zero-order valence-electron chi connectivity index (χ0n) is 13.8. The van der Waals surface area contributed by atoms with Gasteiger partial charge in [-0.1, -0.05) is 6.07 Å². The number of rotatable bonds is 7. The van der Waals surface area contributed by atoms with Crippen LogP contribution in [0.1, 0.15) is 38.6 Å². The molecule has 0 spiro atoms. The number of carbonyl (C=O) groups excluding carboxylic acids is 2. The predicted octanol–water partition coefficient (Wildman–Crippen LogP) is 4.06. The van der Waals surface area contributed by atoms with Crippen LogP contribution in [0.4, 0.5) is 0 Å². The van der Waals surface area contributed by atoms with E-state index >= 15 is 0 Å². The van der Waals surface area contributed by atoms with Crippen LogP contribution in [0.15, 0.2) is 54.0 Å². The lowest BCUT2D eigenvalue weighted by Crippen LogP contribution is -2.08. The van der Waals surface area contributed by atoms with E-state index in [1.165, 1.54) is 11.3 Å². The maximum atomic E-state index is 12.1. The Morgan fingerprint density at radius 1 is 1.16 bits per heavy atom. The van der Waals surface area contributed by atoms with Gasteiger partial charge in [-0.25, -0.2) is 9.48 Å². The standard InChI is InChI=1S/C19H18N2O3S/c1-14-10-11-20-21(14)16-8-6-15(7-9-16)19(23)24-12-2-4-17(22)18-5-3-13-25-18/h3,5-11,13H,2,4,12H2,1H3. The zero-order valence-corrected chi connectivity index (χ0v) is 14.7. The number of thiophene rings is 1. The summed E-state index contributed by atoms with van der Waals surface area (Å²) >= 11 is 1.43. The van der Waals surface area contributed by atoms with Gasteiger partial charge in [-0.3, -0.25) is 4.79 Å². The third-order valence-electron chi connectivity index (χ3n) is 3.76. The molecule has 6 heteroatoms. The fraction of sp³-hybridized carbons (Fsp3) is 0.211. The Kier molecular flexibility index (Phi) is 5.40. The molecule has 0 fully saturated rings. The Balaban J connectivity index is 1.48. The molecule has 0 atom stereocenters. The molecule has 0 aliphatic rings. The zero-order chi connectivity index (χ0) is 17.6. The van der Waals surface area contributed by atoms with Crippen LogP contribution in [-0.2, 0) is 4.74 Å². The van der Waals surface area contributed by atoms with Gasteiger partial charge in [0.15, 0.2) is 5.78 Å². The van der Waals surface area contributed by atoms with Crippen molar-refractivity contribution in [1.29, 1.82) is 0 Å². The normalized spacial score (nSPS) is 10.6. The highest BCUT2D eigenvalue weighted by molar-refractivity contribution is 7.12. The van der Waals surface area contributed by atoms with E-state index in [2.05, 4.69) is 5.10 Å². The van der Waals surface area contributed by atoms with Crippen LogP contribution in [0.2, 0.25) is 0 Å². The van der Waals surface area contributed by atoms with Crippen molar-refractivity contribution in [2.24, 2.45) is 0 Å². The Hall–Kier alpha value is -2.73. The van der Waals surface area contributed by atoms with Gasteiger partial charge in [0.25, 0.3) is 0 Å². The molecule has 1 aromatic carbocycles. The second-order valence-corrected chi connectivity index (χ2v) is 6.52. The second kappa shape index (κ2) is 7.90. The van der Waals surface area contributed by atoms with Crippen molar-refractivity contribution in [3.05, 3.63) is 70.2 Å². The summed E-state index contributed by atoms with van der Waals surface area (Å²) in [6, 6.07) is 12.7. The van der Waals surface area contributed by atoms with Crippen molar-refractivity contribution in [3.8, 4) is 5.69 Å². The number of aryl methyl sites for hydroxylation is 1. The van der Waals surface area contributed by atoms with Crippen LogP contribution in [0.3, 0.4) is 0 Å². The number of hydrogen-bond acceptors (Lipinski definition) is 5. The first kappa shape index (κ1) is 17.1. The SMILES string of the molecule is Cc1ccnn1-c1ccc(C(=O)OCCCC(=O)c2cccs2)cc1. The molecule has 0 N–H and O–H groups in total. The van der Waals surface area contributed by atoms with Crippen LogP contribution in [0.25, 0.3) is 5.69 Å². The molecule has 128 valence electrons. The summed E-state index contributed by atoms with van der Waals surface area (Å²) in [4.78, 5) is 24.7. The quantitative estimate of drug-likeness (QED) is 0.365. The molecule has 0 aliphatic carbocycles. The van der Waals surface area contributed by atoms with Crippen LogP contribution < -0.4 is 0 Å². The minimum absolute atomic E-state index is 0.0880. The molecule has 0 bridgehead atoms. The van der Waals surface area contributed by atoms with Gasteiger partial charge in [-0.2, -0.15) is 5.10 Å². The van der Waals surface area contributed by atoms with Crippen molar-refractivity contribution in [3.63, 3.8) is 0 Å². The number of ketones is 1. The second-order valence-electron chi connectivity index (χ2n) is 5.57. The summed E-state index contributed by atoms with van der Waals surface area (Å²) in [5.74, 6) is -0.294. The molecule has 2 aromatic heterocycles. The van der Waals surface area contributed by atoms with Gasteiger partial charge < -0.3 is 4.74 Å². The molecule has 2 heterocycles. The third kappa shape index (κ3) is 4.22. The van der Waals surface area contributed by atoms with Crippen LogP contribution in [0, 0.1) is 6.92 Å². The number of Topliss-reactive ketones (excluding diaryl/α,β-unsaturated/α-hetero) is 1. The molecule has 5 nitrogen and oxygen atoms in total. The molecule has 3 aromatic rings.